The van der Waals surface area contributed by atoms with Crippen LogP contribution in [0.4, 0.5) is 5.69 Å². The molecule has 27 heavy (non-hydrogen) atoms. The SMILES string of the molecule is O=C(NC1(C(=O)O)CCSC1)C1CC(=O)N(c2ccc3c(c2)OCCO3)C1. The summed E-state index contributed by atoms with van der Waals surface area (Å²) in [5, 5.41) is 12.2. The van der Waals surface area contributed by atoms with Crippen molar-refractivity contribution < 1.29 is 29.0 Å². The van der Waals surface area contributed by atoms with Gasteiger partial charge in [0, 0.05) is 30.5 Å². The predicted molar refractivity (Wildman–Crippen MR) is 98.3 cm³/mol. The van der Waals surface area contributed by atoms with Crippen molar-refractivity contribution >= 4 is 35.2 Å². The van der Waals surface area contributed by atoms with Gasteiger partial charge in [0.25, 0.3) is 0 Å². The lowest BCUT2D eigenvalue weighted by Crippen LogP contribution is -2.56. The molecule has 9 heteroatoms. The van der Waals surface area contributed by atoms with Crippen molar-refractivity contribution in [1.82, 2.24) is 5.32 Å². The fourth-order valence-electron chi connectivity index (χ4n) is 3.56. The quantitative estimate of drug-likeness (QED) is 0.784. The molecule has 0 saturated carbocycles. The van der Waals surface area contributed by atoms with Crippen molar-refractivity contribution in [3.8, 4) is 11.5 Å². The molecular formula is C18H20N2O6S. The average Bonchev–Trinajstić information content (AvgIpc) is 3.29. The fraction of sp³-hybridized carbons (Fsp3) is 0.500. The summed E-state index contributed by atoms with van der Waals surface area (Å²) in [6, 6.07) is 5.25. The minimum absolute atomic E-state index is 0.0586. The van der Waals surface area contributed by atoms with Gasteiger partial charge in [-0.05, 0) is 24.3 Å². The summed E-state index contributed by atoms with van der Waals surface area (Å²) in [5.41, 5.74) is -0.584. The zero-order chi connectivity index (χ0) is 19.0. The Kier molecular flexibility index (Phi) is 4.63. The Hall–Kier alpha value is -2.42. The molecule has 2 N–H and O–H groups in total. The highest BCUT2D eigenvalue weighted by atomic mass is 32.2. The molecule has 0 spiro atoms. The lowest BCUT2D eigenvalue weighted by Gasteiger charge is -2.26. The van der Waals surface area contributed by atoms with Gasteiger partial charge >= 0.3 is 5.97 Å². The van der Waals surface area contributed by atoms with Crippen molar-refractivity contribution in [2.24, 2.45) is 5.92 Å². The number of hydrogen-bond donors (Lipinski definition) is 2. The highest BCUT2D eigenvalue weighted by molar-refractivity contribution is 7.99. The summed E-state index contributed by atoms with van der Waals surface area (Å²) in [4.78, 5) is 38.3. The van der Waals surface area contributed by atoms with Gasteiger partial charge in [-0.3, -0.25) is 9.59 Å². The molecule has 3 aliphatic rings. The van der Waals surface area contributed by atoms with Gasteiger partial charge in [-0.1, -0.05) is 0 Å². The van der Waals surface area contributed by atoms with Gasteiger partial charge in [-0.2, -0.15) is 11.8 Å². The summed E-state index contributed by atoms with van der Waals surface area (Å²) in [6.07, 6.45) is 0.453. The zero-order valence-corrected chi connectivity index (χ0v) is 15.4. The van der Waals surface area contributed by atoms with Crippen LogP contribution in [-0.4, -0.2) is 59.7 Å². The van der Waals surface area contributed by atoms with E-state index in [0.29, 0.717) is 48.3 Å². The maximum absolute atomic E-state index is 12.7. The number of carbonyl (C=O) groups excluding carboxylic acids is 2. The van der Waals surface area contributed by atoms with Crippen LogP contribution in [0.15, 0.2) is 18.2 Å². The summed E-state index contributed by atoms with van der Waals surface area (Å²) < 4.78 is 11.0. The standard InChI is InChI=1S/C18H20N2O6S/c21-15-7-11(16(22)19-18(17(23)24)3-6-27-10-18)9-20(15)12-1-2-13-14(8-12)26-5-4-25-13/h1-2,8,11H,3-7,9-10H2,(H,19,22)(H,23,24). The van der Waals surface area contributed by atoms with Crippen LogP contribution in [0.3, 0.4) is 0 Å². The lowest BCUT2D eigenvalue weighted by atomic mass is 9.97. The topological polar surface area (TPSA) is 105 Å². The third kappa shape index (κ3) is 3.31. The Morgan fingerprint density at radius 2 is 2.04 bits per heavy atom. The van der Waals surface area contributed by atoms with Crippen LogP contribution in [0.1, 0.15) is 12.8 Å². The number of amides is 2. The van der Waals surface area contributed by atoms with Gasteiger partial charge in [0.15, 0.2) is 11.5 Å². The van der Waals surface area contributed by atoms with E-state index in [0.717, 1.165) is 0 Å². The number of carboxylic acids is 1. The summed E-state index contributed by atoms with van der Waals surface area (Å²) in [6.45, 7) is 1.15. The normalized spacial score (nSPS) is 26.9. The van der Waals surface area contributed by atoms with Crippen molar-refractivity contribution in [2.75, 3.05) is 36.2 Å². The number of aliphatic carboxylic acids is 1. The number of benzene rings is 1. The van der Waals surface area contributed by atoms with Gasteiger partial charge in [-0.25, -0.2) is 4.79 Å². The second-order valence-electron chi connectivity index (χ2n) is 6.91. The smallest absolute Gasteiger partial charge is 0.330 e. The van der Waals surface area contributed by atoms with E-state index in [2.05, 4.69) is 5.32 Å². The fourth-order valence-corrected chi connectivity index (χ4v) is 4.88. The Bertz CT molecular complexity index is 792. The third-order valence-corrected chi connectivity index (χ3v) is 6.32. The van der Waals surface area contributed by atoms with E-state index < -0.39 is 17.4 Å². The number of hydrogen-bond acceptors (Lipinski definition) is 6. The molecule has 3 aliphatic heterocycles. The van der Waals surface area contributed by atoms with Crippen LogP contribution in [0.25, 0.3) is 0 Å². The molecule has 4 rings (SSSR count). The lowest BCUT2D eigenvalue weighted by molar-refractivity contribution is -0.147. The number of nitrogens with zero attached hydrogens (tertiary/aromatic N) is 1. The zero-order valence-electron chi connectivity index (χ0n) is 14.6. The minimum atomic E-state index is -1.23. The average molecular weight is 392 g/mol. The Morgan fingerprint density at radius 3 is 2.74 bits per heavy atom. The number of fused-ring (bicyclic) bond motifs is 1. The maximum Gasteiger partial charge on any atom is 0.330 e. The van der Waals surface area contributed by atoms with Crippen molar-refractivity contribution in [1.29, 1.82) is 0 Å². The molecule has 2 saturated heterocycles. The van der Waals surface area contributed by atoms with Gasteiger partial charge < -0.3 is 24.8 Å². The molecule has 8 nitrogen and oxygen atoms in total. The molecule has 2 fully saturated rings. The van der Waals surface area contributed by atoms with E-state index in [1.807, 2.05) is 0 Å². The monoisotopic (exact) mass is 392 g/mol. The number of ether oxygens (including phenoxy) is 2. The molecule has 0 aliphatic carbocycles. The third-order valence-electron chi connectivity index (χ3n) is 5.13. The second-order valence-corrected chi connectivity index (χ2v) is 8.02. The molecule has 1 aromatic rings. The van der Waals surface area contributed by atoms with Gasteiger partial charge in [0.05, 0.1) is 5.92 Å². The Labute approximate surface area is 160 Å². The molecule has 0 radical (unpaired) electrons. The first kappa shape index (κ1) is 18.0. The molecule has 0 aromatic heterocycles. The molecule has 2 amide bonds. The maximum atomic E-state index is 12.7. The number of nitrogens with one attached hydrogen (secondary N) is 1. The molecule has 1 aromatic carbocycles. The highest BCUT2D eigenvalue weighted by Gasteiger charge is 2.46. The van der Waals surface area contributed by atoms with E-state index in [-0.39, 0.29) is 24.8 Å². The van der Waals surface area contributed by atoms with Crippen LogP contribution < -0.4 is 19.7 Å². The number of anilines is 1. The molecule has 144 valence electrons. The van der Waals surface area contributed by atoms with Crippen molar-refractivity contribution in [3.05, 3.63) is 18.2 Å². The molecule has 0 bridgehead atoms. The first-order valence-corrected chi connectivity index (χ1v) is 9.97. The van der Waals surface area contributed by atoms with Crippen LogP contribution in [0.5, 0.6) is 11.5 Å². The molecular weight excluding hydrogens is 372 g/mol. The van der Waals surface area contributed by atoms with Gasteiger partial charge in [-0.15, -0.1) is 0 Å². The van der Waals surface area contributed by atoms with E-state index in [1.165, 1.54) is 11.8 Å². The van der Waals surface area contributed by atoms with Crippen molar-refractivity contribution in [3.63, 3.8) is 0 Å². The highest BCUT2D eigenvalue weighted by Crippen LogP contribution is 2.36. The van der Waals surface area contributed by atoms with Crippen LogP contribution >= 0.6 is 11.8 Å². The van der Waals surface area contributed by atoms with E-state index >= 15 is 0 Å². The van der Waals surface area contributed by atoms with Crippen LogP contribution in [-0.2, 0) is 14.4 Å². The second kappa shape index (κ2) is 6.95. The molecule has 2 unspecified atom stereocenters. The minimum Gasteiger partial charge on any atom is -0.486 e. The number of carboxylic acid groups (broad SMARTS) is 1. The summed E-state index contributed by atoms with van der Waals surface area (Å²) >= 11 is 1.51. The largest absolute Gasteiger partial charge is 0.486 e. The molecule has 2 atom stereocenters. The van der Waals surface area contributed by atoms with Crippen molar-refractivity contribution in [2.45, 2.75) is 18.4 Å². The van der Waals surface area contributed by atoms with E-state index in [1.54, 1.807) is 23.1 Å². The van der Waals surface area contributed by atoms with Crippen LogP contribution in [0.2, 0.25) is 0 Å². The van der Waals surface area contributed by atoms with Gasteiger partial charge in [0.2, 0.25) is 11.8 Å². The number of thioether (sulfide) groups is 1. The van der Waals surface area contributed by atoms with E-state index in [4.69, 9.17) is 9.47 Å². The van der Waals surface area contributed by atoms with E-state index in [9.17, 15) is 19.5 Å². The molecule has 3 heterocycles. The number of carbonyl (C=O) groups is 3. The Morgan fingerprint density at radius 1 is 1.26 bits per heavy atom. The summed E-state index contributed by atoms with van der Waals surface area (Å²) in [5.74, 6) is 0.104. The summed E-state index contributed by atoms with van der Waals surface area (Å²) in [7, 11) is 0. The number of rotatable bonds is 4. The van der Waals surface area contributed by atoms with Gasteiger partial charge in [0.1, 0.15) is 18.8 Å². The first-order valence-electron chi connectivity index (χ1n) is 8.82. The Balaban J connectivity index is 1.47. The first-order chi connectivity index (χ1) is 13.0. The predicted octanol–water partition coefficient (Wildman–Crippen LogP) is 0.887. The van der Waals surface area contributed by atoms with Crippen LogP contribution in [0, 0.1) is 5.92 Å².